The van der Waals surface area contributed by atoms with E-state index in [0.717, 1.165) is 0 Å². The van der Waals surface area contributed by atoms with Crippen molar-refractivity contribution in [3.63, 3.8) is 0 Å². The predicted octanol–water partition coefficient (Wildman–Crippen LogP) is 1.26. The van der Waals surface area contributed by atoms with Crippen LogP contribution in [0.5, 0.6) is 5.88 Å². The first-order valence-corrected chi connectivity index (χ1v) is 5.87. The second-order valence-corrected chi connectivity index (χ2v) is 3.93. The van der Waals surface area contributed by atoms with Gasteiger partial charge in [0, 0.05) is 18.3 Å². The summed E-state index contributed by atoms with van der Waals surface area (Å²) in [4.78, 5) is 21.5. The Morgan fingerprint density at radius 2 is 2.22 bits per heavy atom. The Morgan fingerprint density at radius 1 is 1.50 bits per heavy atom. The van der Waals surface area contributed by atoms with E-state index in [1.807, 2.05) is 20.8 Å². The smallest absolute Gasteiger partial charge is 0.325 e. The van der Waals surface area contributed by atoms with Crippen LogP contribution >= 0.6 is 0 Å². The number of rotatable bonds is 6. The van der Waals surface area contributed by atoms with E-state index in [1.165, 1.54) is 7.11 Å². The largest absolute Gasteiger partial charge is 0.478 e. The van der Waals surface area contributed by atoms with E-state index < -0.39 is 0 Å². The van der Waals surface area contributed by atoms with Gasteiger partial charge in [0.1, 0.15) is 6.54 Å². The molecule has 1 aromatic rings. The van der Waals surface area contributed by atoms with Crippen LogP contribution in [-0.2, 0) is 9.53 Å². The monoisotopic (exact) mass is 253 g/mol. The van der Waals surface area contributed by atoms with Crippen molar-refractivity contribution in [3.8, 4) is 5.88 Å². The molecule has 0 aromatic carbocycles. The standard InChI is InChI=1S/C12H19N3O3/c1-5-18-10-6-7-13-12(14-10)15(9(2)3)8-11(16)17-4/h6-7,9H,5,8H2,1-4H3. The van der Waals surface area contributed by atoms with Gasteiger partial charge >= 0.3 is 5.97 Å². The Morgan fingerprint density at radius 3 is 2.78 bits per heavy atom. The molecule has 1 aromatic heterocycles. The summed E-state index contributed by atoms with van der Waals surface area (Å²) < 4.78 is 9.98. The van der Waals surface area contributed by atoms with Crippen molar-refractivity contribution in [1.82, 2.24) is 9.97 Å². The van der Waals surface area contributed by atoms with Crippen LogP contribution in [-0.4, -0.2) is 42.2 Å². The minimum atomic E-state index is -0.325. The molecule has 1 rings (SSSR count). The van der Waals surface area contributed by atoms with Gasteiger partial charge in [0.15, 0.2) is 0 Å². The second kappa shape index (κ2) is 6.78. The van der Waals surface area contributed by atoms with Crippen molar-refractivity contribution in [2.45, 2.75) is 26.8 Å². The minimum Gasteiger partial charge on any atom is -0.478 e. The van der Waals surface area contributed by atoms with Gasteiger partial charge in [-0.05, 0) is 20.8 Å². The summed E-state index contributed by atoms with van der Waals surface area (Å²) in [6.07, 6.45) is 1.61. The van der Waals surface area contributed by atoms with Crippen LogP contribution in [0.4, 0.5) is 5.95 Å². The van der Waals surface area contributed by atoms with E-state index in [-0.39, 0.29) is 18.6 Å². The maximum absolute atomic E-state index is 11.4. The molecule has 0 radical (unpaired) electrons. The molecule has 0 spiro atoms. The molecule has 0 saturated heterocycles. The molecule has 0 amide bonds. The number of hydrogen-bond acceptors (Lipinski definition) is 6. The molecule has 0 N–H and O–H groups in total. The third-order valence-corrected chi connectivity index (χ3v) is 2.32. The van der Waals surface area contributed by atoms with E-state index in [4.69, 9.17) is 4.74 Å². The van der Waals surface area contributed by atoms with Gasteiger partial charge in [0.2, 0.25) is 11.8 Å². The van der Waals surface area contributed by atoms with E-state index in [2.05, 4.69) is 14.7 Å². The molecule has 0 aliphatic heterocycles. The highest BCUT2D eigenvalue weighted by Gasteiger charge is 2.18. The quantitative estimate of drug-likeness (QED) is 0.711. The van der Waals surface area contributed by atoms with E-state index >= 15 is 0 Å². The molecule has 0 atom stereocenters. The summed E-state index contributed by atoms with van der Waals surface area (Å²) in [5.41, 5.74) is 0. The Labute approximate surface area is 107 Å². The summed E-state index contributed by atoms with van der Waals surface area (Å²) in [5, 5.41) is 0. The number of carbonyl (C=O) groups is 1. The molecular weight excluding hydrogens is 234 g/mol. The first-order valence-electron chi connectivity index (χ1n) is 5.87. The lowest BCUT2D eigenvalue weighted by molar-refractivity contribution is -0.139. The summed E-state index contributed by atoms with van der Waals surface area (Å²) in [6, 6.07) is 1.77. The lowest BCUT2D eigenvalue weighted by atomic mass is 10.3. The topological polar surface area (TPSA) is 64.5 Å². The lowest BCUT2D eigenvalue weighted by Crippen LogP contribution is -2.37. The van der Waals surface area contributed by atoms with Crippen molar-refractivity contribution in [2.24, 2.45) is 0 Å². The van der Waals surface area contributed by atoms with Gasteiger partial charge in [-0.15, -0.1) is 0 Å². The molecule has 1 heterocycles. The third kappa shape index (κ3) is 3.87. The van der Waals surface area contributed by atoms with Crippen LogP contribution < -0.4 is 9.64 Å². The van der Waals surface area contributed by atoms with Gasteiger partial charge in [0.25, 0.3) is 0 Å². The minimum absolute atomic E-state index is 0.0842. The number of anilines is 1. The number of esters is 1. The van der Waals surface area contributed by atoms with Gasteiger partial charge < -0.3 is 14.4 Å². The highest BCUT2D eigenvalue weighted by molar-refractivity contribution is 5.74. The molecule has 0 saturated carbocycles. The number of hydrogen-bond donors (Lipinski definition) is 0. The molecule has 6 heteroatoms. The number of nitrogens with zero attached hydrogens (tertiary/aromatic N) is 3. The molecule has 6 nitrogen and oxygen atoms in total. The molecular formula is C12H19N3O3. The van der Waals surface area contributed by atoms with Crippen LogP contribution in [0.2, 0.25) is 0 Å². The van der Waals surface area contributed by atoms with Crippen LogP contribution in [0.15, 0.2) is 12.3 Å². The van der Waals surface area contributed by atoms with Gasteiger partial charge in [0.05, 0.1) is 13.7 Å². The summed E-state index contributed by atoms with van der Waals surface area (Å²) in [7, 11) is 1.36. The predicted molar refractivity (Wildman–Crippen MR) is 67.7 cm³/mol. The molecule has 0 aliphatic rings. The molecule has 18 heavy (non-hydrogen) atoms. The van der Waals surface area contributed by atoms with Crippen molar-refractivity contribution in [1.29, 1.82) is 0 Å². The van der Waals surface area contributed by atoms with Gasteiger partial charge in [-0.25, -0.2) is 4.98 Å². The SMILES string of the molecule is CCOc1ccnc(N(CC(=O)OC)C(C)C)n1. The molecule has 0 unspecified atom stereocenters. The first-order chi connectivity index (χ1) is 8.58. The maximum atomic E-state index is 11.4. The summed E-state index contributed by atoms with van der Waals surface area (Å²) in [6.45, 7) is 6.45. The van der Waals surface area contributed by atoms with Crippen molar-refractivity contribution in [2.75, 3.05) is 25.2 Å². The van der Waals surface area contributed by atoms with E-state index in [1.54, 1.807) is 17.2 Å². The zero-order valence-electron chi connectivity index (χ0n) is 11.2. The molecule has 100 valence electrons. The lowest BCUT2D eigenvalue weighted by Gasteiger charge is -2.25. The zero-order valence-corrected chi connectivity index (χ0v) is 11.2. The molecule has 0 aliphatic carbocycles. The summed E-state index contributed by atoms with van der Waals surface area (Å²) >= 11 is 0. The maximum Gasteiger partial charge on any atom is 0.325 e. The van der Waals surface area contributed by atoms with Crippen LogP contribution in [0, 0.1) is 0 Å². The molecule has 0 bridgehead atoms. The van der Waals surface area contributed by atoms with Crippen molar-refractivity contribution in [3.05, 3.63) is 12.3 Å². The van der Waals surface area contributed by atoms with Gasteiger partial charge in [-0.3, -0.25) is 4.79 Å². The number of carbonyl (C=O) groups excluding carboxylic acids is 1. The average molecular weight is 253 g/mol. The van der Waals surface area contributed by atoms with E-state index in [9.17, 15) is 4.79 Å². The fourth-order valence-corrected chi connectivity index (χ4v) is 1.39. The highest BCUT2D eigenvalue weighted by atomic mass is 16.5. The van der Waals surface area contributed by atoms with Crippen molar-refractivity contribution >= 4 is 11.9 Å². The fraction of sp³-hybridized carbons (Fsp3) is 0.583. The summed E-state index contributed by atoms with van der Waals surface area (Å²) in [5.74, 6) is 0.633. The van der Waals surface area contributed by atoms with Gasteiger partial charge in [-0.2, -0.15) is 4.98 Å². The van der Waals surface area contributed by atoms with E-state index in [0.29, 0.717) is 18.4 Å². The highest BCUT2D eigenvalue weighted by Crippen LogP contribution is 2.15. The Balaban J connectivity index is 2.91. The Kier molecular flexibility index (Phi) is 5.35. The third-order valence-electron chi connectivity index (χ3n) is 2.32. The fourth-order valence-electron chi connectivity index (χ4n) is 1.39. The Hall–Kier alpha value is -1.85. The Bertz CT molecular complexity index is 396. The van der Waals surface area contributed by atoms with Crippen molar-refractivity contribution < 1.29 is 14.3 Å². The number of aromatic nitrogens is 2. The van der Waals surface area contributed by atoms with Crippen LogP contribution in [0.25, 0.3) is 0 Å². The van der Waals surface area contributed by atoms with Crippen LogP contribution in [0.1, 0.15) is 20.8 Å². The number of methoxy groups -OCH3 is 1. The second-order valence-electron chi connectivity index (χ2n) is 3.93. The van der Waals surface area contributed by atoms with Crippen LogP contribution in [0.3, 0.4) is 0 Å². The number of ether oxygens (including phenoxy) is 2. The average Bonchev–Trinajstić information content (AvgIpc) is 2.36. The normalized spacial score (nSPS) is 10.3. The molecule has 0 fully saturated rings. The zero-order chi connectivity index (χ0) is 13.5. The first kappa shape index (κ1) is 14.2. The van der Waals surface area contributed by atoms with Gasteiger partial charge in [-0.1, -0.05) is 0 Å².